The van der Waals surface area contributed by atoms with Gasteiger partial charge in [0.05, 0.1) is 0 Å². The first-order valence-corrected chi connectivity index (χ1v) is 21.6. The standard InChI is InChI=1S/C61H46N2/c1-5-14-46(15-6-1)50-22-13-23-56(35-24-50)62(57-36-25-51(26-37-57)47-16-7-2-8-17-47)58-42-31-54(32-43-58)55-33-44-61(45-34-55)63(59-38-27-52(28-39-59)48-18-9-3-10-19-48)60-40-29-53(30-41-60)49-20-11-4-12-21-49/h1-21,23-45H,22H2. The Morgan fingerprint density at radius 2 is 0.508 bits per heavy atom. The zero-order valence-corrected chi connectivity index (χ0v) is 35.0. The summed E-state index contributed by atoms with van der Waals surface area (Å²) in [6.07, 6.45) is 9.91. The maximum Gasteiger partial charge on any atom is 0.0462 e. The molecule has 0 amide bonds. The SMILES string of the molecule is C1=CC(N(c2ccc(-c3ccccc3)cc2)c2ccc(-c3ccc(N(c4ccc(-c5ccccc5)cc4)c4ccc(-c5ccccc5)cc4)cc3)cc2)=CC=C(c2ccccc2)C1. The lowest BCUT2D eigenvalue weighted by Crippen LogP contribution is -2.15. The highest BCUT2D eigenvalue weighted by Crippen LogP contribution is 2.39. The van der Waals surface area contributed by atoms with Crippen LogP contribution < -0.4 is 9.80 Å². The number of rotatable bonds is 11. The van der Waals surface area contributed by atoms with Crippen LogP contribution >= 0.6 is 0 Å². The van der Waals surface area contributed by atoms with Crippen LogP contribution in [0.15, 0.2) is 273 Å². The molecule has 63 heavy (non-hydrogen) atoms. The van der Waals surface area contributed by atoms with Crippen LogP contribution in [0.3, 0.4) is 0 Å². The van der Waals surface area contributed by atoms with E-state index < -0.39 is 0 Å². The summed E-state index contributed by atoms with van der Waals surface area (Å²) in [5, 5.41) is 0. The van der Waals surface area contributed by atoms with E-state index in [-0.39, 0.29) is 0 Å². The molecule has 0 radical (unpaired) electrons. The molecular formula is C61H46N2. The van der Waals surface area contributed by atoms with Crippen molar-refractivity contribution in [3.8, 4) is 44.5 Å². The molecule has 9 aromatic carbocycles. The summed E-state index contributed by atoms with van der Waals surface area (Å²) in [5.41, 5.74) is 18.7. The maximum absolute atomic E-state index is 2.35. The molecule has 0 atom stereocenters. The zero-order chi connectivity index (χ0) is 42.2. The van der Waals surface area contributed by atoms with Gasteiger partial charge in [-0.25, -0.2) is 0 Å². The van der Waals surface area contributed by atoms with Gasteiger partial charge in [-0.3, -0.25) is 0 Å². The van der Waals surface area contributed by atoms with Crippen molar-refractivity contribution in [3.63, 3.8) is 0 Å². The van der Waals surface area contributed by atoms with Crippen molar-refractivity contribution in [1.82, 2.24) is 0 Å². The predicted molar refractivity (Wildman–Crippen MR) is 268 cm³/mol. The highest BCUT2D eigenvalue weighted by molar-refractivity contribution is 5.82. The molecule has 0 heterocycles. The Hall–Kier alpha value is -8.20. The fourth-order valence-corrected chi connectivity index (χ4v) is 8.43. The summed E-state index contributed by atoms with van der Waals surface area (Å²) in [5.74, 6) is 0. The fourth-order valence-electron chi connectivity index (χ4n) is 8.43. The second-order valence-electron chi connectivity index (χ2n) is 15.8. The van der Waals surface area contributed by atoms with Gasteiger partial charge in [0.1, 0.15) is 0 Å². The molecule has 0 spiro atoms. The molecule has 0 unspecified atom stereocenters. The number of allylic oxidation sites excluding steroid dienone is 5. The third-order valence-electron chi connectivity index (χ3n) is 11.8. The molecule has 2 heteroatoms. The Labute approximate surface area is 371 Å². The molecule has 1 aliphatic carbocycles. The lowest BCUT2D eigenvalue weighted by atomic mass is 10.0. The molecule has 0 aromatic heterocycles. The molecule has 300 valence electrons. The highest BCUT2D eigenvalue weighted by atomic mass is 15.1. The average molecular weight is 807 g/mol. The molecule has 1 aliphatic rings. The summed E-state index contributed by atoms with van der Waals surface area (Å²) < 4.78 is 0. The summed E-state index contributed by atoms with van der Waals surface area (Å²) >= 11 is 0. The summed E-state index contributed by atoms with van der Waals surface area (Å²) in [7, 11) is 0. The van der Waals surface area contributed by atoms with E-state index in [4.69, 9.17) is 0 Å². The normalized spacial score (nSPS) is 12.2. The topological polar surface area (TPSA) is 6.48 Å². The molecule has 0 fully saturated rings. The lowest BCUT2D eigenvalue weighted by Gasteiger charge is -2.27. The van der Waals surface area contributed by atoms with E-state index in [1.807, 2.05) is 0 Å². The first kappa shape index (κ1) is 39.0. The monoisotopic (exact) mass is 806 g/mol. The molecule has 10 rings (SSSR count). The predicted octanol–water partition coefficient (Wildman–Crippen LogP) is 16.9. The van der Waals surface area contributed by atoms with Gasteiger partial charge >= 0.3 is 0 Å². The van der Waals surface area contributed by atoms with Crippen LogP contribution in [0.5, 0.6) is 0 Å². The van der Waals surface area contributed by atoms with Gasteiger partial charge in [0.2, 0.25) is 0 Å². The summed E-state index contributed by atoms with van der Waals surface area (Å²) in [6.45, 7) is 0. The Bertz CT molecular complexity index is 2900. The van der Waals surface area contributed by atoms with Crippen molar-refractivity contribution in [3.05, 3.63) is 278 Å². The lowest BCUT2D eigenvalue weighted by molar-refractivity contribution is 1.21. The third-order valence-corrected chi connectivity index (χ3v) is 11.8. The largest absolute Gasteiger partial charge is 0.311 e. The van der Waals surface area contributed by atoms with Crippen molar-refractivity contribution in [2.24, 2.45) is 0 Å². The van der Waals surface area contributed by atoms with Gasteiger partial charge in [-0.1, -0.05) is 194 Å². The van der Waals surface area contributed by atoms with E-state index in [0.717, 1.165) is 51.7 Å². The molecular weight excluding hydrogens is 761 g/mol. The third kappa shape index (κ3) is 8.70. The Kier molecular flexibility index (Phi) is 11.3. The number of benzene rings is 9. The first-order chi connectivity index (χ1) is 31.2. The molecule has 0 N–H and O–H groups in total. The second-order valence-corrected chi connectivity index (χ2v) is 15.8. The Morgan fingerprint density at radius 3 is 0.825 bits per heavy atom. The van der Waals surface area contributed by atoms with Crippen LogP contribution in [0.25, 0.3) is 50.1 Å². The van der Waals surface area contributed by atoms with E-state index >= 15 is 0 Å². The second kappa shape index (κ2) is 18.2. The molecule has 0 saturated carbocycles. The quantitative estimate of drug-likeness (QED) is 0.128. The van der Waals surface area contributed by atoms with Gasteiger partial charge < -0.3 is 9.80 Å². The summed E-state index contributed by atoms with van der Waals surface area (Å²) in [6, 6.07) is 86.9. The Morgan fingerprint density at radius 1 is 0.238 bits per heavy atom. The van der Waals surface area contributed by atoms with Crippen LogP contribution in [-0.2, 0) is 0 Å². The van der Waals surface area contributed by atoms with Crippen LogP contribution in [0.4, 0.5) is 28.4 Å². The van der Waals surface area contributed by atoms with Gasteiger partial charge in [0.15, 0.2) is 0 Å². The summed E-state index contributed by atoms with van der Waals surface area (Å²) in [4.78, 5) is 4.69. The molecule has 0 aliphatic heterocycles. The van der Waals surface area contributed by atoms with E-state index in [2.05, 4.69) is 277 Å². The van der Waals surface area contributed by atoms with E-state index in [0.29, 0.717) is 0 Å². The van der Waals surface area contributed by atoms with Crippen molar-refractivity contribution in [2.45, 2.75) is 6.42 Å². The van der Waals surface area contributed by atoms with Gasteiger partial charge in [-0.2, -0.15) is 0 Å². The molecule has 0 bridgehead atoms. The van der Waals surface area contributed by atoms with Gasteiger partial charge in [-0.15, -0.1) is 0 Å². The van der Waals surface area contributed by atoms with E-state index in [1.54, 1.807) is 0 Å². The van der Waals surface area contributed by atoms with Crippen LogP contribution in [-0.4, -0.2) is 0 Å². The van der Waals surface area contributed by atoms with Crippen molar-refractivity contribution in [1.29, 1.82) is 0 Å². The van der Waals surface area contributed by atoms with Crippen molar-refractivity contribution in [2.75, 3.05) is 9.80 Å². The average Bonchev–Trinajstić information content (AvgIpc) is 3.63. The van der Waals surface area contributed by atoms with E-state index in [9.17, 15) is 0 Å². The van der Waals surface area contributed by atoms with Gasteiger partial charge in [0.25, 0.3) is 0 Å². The minimum Gasteiger partial charge on any atom is -0.311 e. The van der Waals surface area contributed by atoms with Crippen LogP contribution in [0.2, 0.25) is 0 Å². The number of nitrogens with zero attached hydrogens (tertiary/aromatic N) is 2. The maximum atomic E-state index is 2.35. The highest BCUT2D eigenvalue weighted by Gasteiger charge is 2.17. The number of anilines is 5. The van der Waals surface area contributed by atoms with Crippen LogP contribution in [0, 0.1) is 0 Å². The zero-order valence-electron chi connectivity index (χ0n) is 35.0. The van der Waals surface area contributed by atoms with Crippen molar-refractivity contribution < 1.29 is 0 Å². The van der Waals surface area contributed by atoms with Crippen molar-refractivity contribution >= 4 is 34.0 Å². The molecule has 0 saturated heterocycles. The number of hydrogen-bond acceptors (Lipinski definition) is 2. The molecule has 2 nitrogen and oxygen atoms in total. The fraction of sp³-hybridized carbons (Fsp3) is 0.0164. The number of hydrogen-bond donors (Lipinski definition) is 0. The minimum absolute atomic E-state index is 0.870. The van der Waals surface area contributed by atoms with E-state index in [1.165, 1.54) is 44.5 Å². The molecule has 9 aromatic rings. The minimum atomic E-state index is 0.870. The van der Waals surface area contributed by atoms with Gasteiger partial charge in [-0.05, 0) is 135 Å². The Balaban J connectivity index is 0.966. The van der Waals surface area contributed by atoms with Gasteiger partial charge in [0, 0.05) is 34.1 Å². The smallest absolute Gasteiger partial charge is 0.0462 e. The van der Waals surface area contributed by atoms with Crippen LogP contribution in [0.1, 0.15) is 12.0 Å². The first-order valence-electron chi connectivity index (χ1n) is 21.6.